The molecule has 2 aromatic rings. The Kier molecular flexibility index (Phi) is 3.44. The number of hydrogen-bond acceptors (Lipinski definition) is 5. The molecule has 5 nitrogen and oxygen atoms in total. The van der Waals surface area contributed by atoms with Gasteiger partial charge in [-0.2, -0.15) is 0 Å². The Labute approximate surface area is 119 Å². The lowest BCUT2D eigenvalue weighted by Crippen LogP contribution is -2.37. The molecule has 0 saturated carbocycles. The van der Waals surface area contributed by atoms with Crippen molar-refractivity contribution in [3.05, 3.63) is 24.3 Å². The minimum Gasteiger partial charge on any atom is -0.381 e. The zero-order valence-corrected chi connectivity index (χ0v) is 12.1. The third-order valence-corrected chi connectivity index (χ3v) is 4.10. The predicted molar refractivity (Wildman–Crippen MR) is 82.9 cm³/mol. The second kappa shape index (κ2) is 5.25. The molecule has 106 valence electrons. The summed E-state index contributed by atoms with van der Waals surface area (Å²) in [5, 5.41) is 0. The minimum absolute atomic E-state index is 0.506. The van der Waals surface area contributed by atoms with Gasteiger partial charge in [0, 0.05) is 19.6 Å². The maximum Gasteiger partial charge on any atom is 0.171 e. The molecule has 0 spiro atoms. The molecule has 1 aliphatic rings. The molecule has 2 N–H and O–H groups in total. The van der Waals surface area contributed by atoms with Gasteiger partial charge in [-0.25, -0.2) is 9.97 Å². The van der Waals surface area contributed by atoms with Gasteiger partial charge in [0.1, 0.15) is 0 Å². The average molecular weight is 271 g/mol. The van der Waals surface area contributed by atoms with Gasteiger partial charge in [0.2, 0.25) is 0 Å². The number of anilines is 2. The predicted octanol–water partition coefficient (Wildman–Crippen LogP) is 1.74. The number of nitrogens with two attached hydrogens (primary N) is 1. The highest BCUT2D eigenvalue weighted by atomic mass is 15.2. The van der Waals surface area contributed by atoms with Crippen LogP contribution in [-0.4, -0.2) is 48.1 Å². The van der Waals surface area contributed by atoms with E-state index < -0.39 is 0 Å². The molecule has 1 saturated heterocycles. The lowest BCUT2D eigenvalue weighted by molar-refractivity contribution is 0.314. The fourth-order valence-electron chi connectivity index (χ4n) is 2.90. The Morgan fingerprint density at radius 1 is 1.30 bits per heavy atom. The lowest BCUT2D eigenvalue weighted by Gasteiger charge is -2.27. The molecule has 5 heteroatoms. The van der Waals surface area contributed by atoms with Crippen LogP contribution in [0.15, 0.2) is 24.3 Å². The van der Waals surface area contributed by atoms with E-state index in [2.05, 4.69) is 26.8 Å². The van der Waals surface area contributed by atoms with Gasteiger partial charge in [0.05, 0.1) is 11.0 Å². The summed E-state index contributed by atoms with van der Waals surface area (Å²) in [5.41, 5.74) is 7.81. The van der Waals surface area contributed by atoms with Crippen LogP contribution in [0.4, 0.5) is 11.6 Å². The molecular formula is C15H21N5. The van der Waals surface area contributed by atoms with Gasteiger partial charge >= 0.3 is 0 Å². The Bertz CT molecular complexity index is 612. The number of likely N-dealkylation sites (N-methyl/N-ethyl adjacent to an activating group) is 2. The fourth-order valence-corrected chi connectivity index (χ4v) is 2.90. The normalized spacial score (nSPS) is 19.6. The van der Waals surface area contributed by atoms with Crippen LogP contribution in [-0.2, 0) is 0 Å². The average Bonchev–Trinajstić information content (AvgIpc) is 2.83. The van der Waals surface area contributed by atoms with Gasteiger partial charge in [-0.15, -0.1) is 0 Å². The number of aromatic nitrogens is 2. The number of benzene rings is 1. The van der Waals surface area contributed by atoms with Gasteiger partial charge < -0.3 is 15.5 Å². The summed E-state index contributed by atoms with van der Waals surface area (Å²) in [6, 6.07) is 8.41. The lowest BCUT2D eigenvalue weighted by atomic mass is 10.2. The van der Waals surface area contributed by atoms with E-state index >= 15 is 0 Å². The van der Waals surface area contributed by atoms with Crippen molar-refractivity contribution >= 4 is 22.7 Å². The number of fused-ring (bicyclic) bond motifs is 1. The molecule has 3 rings (SSSR count). The number of rotatable bonds is 3. The molecule has 0 amide bonds. The second-order valence-electron chi connectivity index (χ2n) is 5.58. The molecule has 1 aliphatic heterocycles. The molecule has 1 atom stereocenters. The summed E-state index contributed by atoms with van der Waals surface area (Å²) in [5.74, 6) is 1.29. The van der Waals surface area contributed by atoms with Crippen molar-refractivity contribution in [2.45, 2.75) is 18.9 Å². The third-order valence-electron chi connectivity index (χ3n) is 4.10. The van der Waals surface area contributed by atoms with Crippen molar-refractivity contribution in [2.75, 3.05) is 37.8 Å². The van der Waals surface area contributed by atoms with Gasteiger partial charge in [-0.05, 0) is 38.6 Å². The second-order valence-corrected chi connectivity index (χ2v) is 5.58. The Morgan fingerprint density at radius 2 is 2.00 bits per heavy atom. The molecule has 0 radical (unpaired) electrons. The van der Waals surface area contributed by atoms with Crippen molar-refractivity contribution in [1.29, 1.82) is 0 Å². The van der Waals surface area contributed by atoms with Crippen LogP contribution in [0.2, 0.25) is 0 Å². The molecule has 1 unspecified atom stereocenters. The van der Waals surface area contributed by atoms with Crippen molar-refractivity contribution < 1.29 is 0 Å². The summed E-state index contributed by atoms with van der Waals surface area (Å²) in [6.07, 6.45) is 2.51. The largest absolute Gasteiger partial charge is 0.381 e. The summed E-state index contributed by atoms with van der Waals surface area (Å²) in [6.45, 7) is 2.12. The summed E-state index contributed by atoms with van der Waals surface area (Å²) >= 11 is 0. The highest BCUT2D eigenvalue weighted by Crippen LogP contribution is 2.23. The molecule has 20 heavy (non-hydrogen) atoms. The zero-order valence-electron chi connectivity index (χ0n) is 12.1. The van der Waals surface area contributed by atoms with Crippen molar-refractivity contribution in [2.24, 2.45) is 0 Å². The molecule has 1 aromatic heterocycles. The SMILES string of the molecule is CN(CC1CCCN1C)c1nc2ccccc2nc1N. The van der Waals surface area contributed by atoms with E-state index in [0.717, 1.165) is 23.4 Å². The highest BCUT2D eigenvalue weighted by Gasteiger charge is 2.23. The first-order valence-corrected chi connectivity index (χ1v) is 7.09. The van der Waals surface area contributed by atoms with E-state index in [0.29, 0.717) is 11.9 Å². The first-order chi connectivity index (χ1) is 9.65. The first kappa shape index (κ1) is 13.1. The quantitative estimate of drug-likeness (QED) is 0.921. The zero-order chi connectivity index (χ0) is 14.1. The van der Waals surface area contributed by atoms with Crippen molar-refractivity contribution in [3.8, 4) is 0 Å². The van der Waals surface area contributed by atoms with E-state index in [1.54, 1.807) is 0 Å². The van der Waals surface area contributed by atoms with Gasteiger partial charge in [0.25, 0.3) is 0 Å². The number of likely N-dealkylation sites (tertiary alicyclic amines) is 1. The van der Waals surface area contributed by atoms with Crippen LogP contribution in [0.25, 0.3) is 11.0 Å². The third kappa shape index (κ3) is 2.41. The standard InChI is InChI=1S/C15H21N5/c1-19-9-5-6-11(19)10-20(2)15-14(16)17-12-7-3-4-8-13(12)18-15/h3-4,7-8,11H,5-6,9-10H2,1-2H3,(H2,16,17). The smallest absolute Gasteiger partial charge is 0.171 e. The first-order valence-electron chi connectivity index (χ1n) is 7.09. The van der Waals surface area contributed by atoms with Crippen LogP contribution >= 0.6 is 0 Å². The number of nitrogens with zero attached hydrogens (tertiary/aromatic N) is 4. The summed E-state index contributed by atoms with van der Waals surface area (Å²) < 4.78 is 0. The van der Waals surface area contributed by atoms with Gasteiger partial charge in [-0.3, -0.25) is 0 Å². The van der Waals surface area contributed by atoms with E-state index in [1.807, 2.05) is 31.3 Å². The molecule has 1 fully saturated rings. The van der Waals surface area contributed by atoms with Gasteiger partial charge in [0.15, 0.2) is 11.6 Å². The van der Waals surface area contributed by atoms with Gasteiger partial charge in [-0.1, -0.05) is 12.1 Å². The molecule has 0 bridgehead atoms. The number of nitrogen functional groups attached to an aromatic ring is 1. The van der Waals surface area contributed by atoms with Crippen molar-refractivity contribution in [1.82, 2.24) is 14.9 Å². The van der Waals surface area contributed by atoms with Crippen LogP contribution in [0.3, 0.4) is 0 Å². The number of hydrogen-bond donors (Lipinski definition) is 1. The topological polar surface area (TPSA) is 58.3 Å². The number of para-hydroxylation sites is 2. The van der Waals surface area contributed by atoms with E-state index in [-0.39, 0.29) is 0 Å². The molecular weight excluding hydrogens is 250 g/mol. The highest BCUT2D eigenvalue weighted by molar-refractivity contribution is 5.79. The van der Waals surface area contributed by atoms with E-state index in [4.69, 9.17) is 5.73 Å². The Hall–Kier alpha value is -1.88. The Balaban J connectivity index is 1.86. The van der Waals surface area contributed by atoms with Crippen molar-refractivity contribution in [3.63, 3.8) is 0 Å². The molecule has 2 heterocycles. The summed E-state index contributed by atoms with van der Waals surface area (Å²) in [7, 11) is 4.22. The van der Waals surface area contributed by atoms with Crippen LogP contribution < -0.4 is 10.6 Å². The van der Waals surface area contributed by atoms with Crippen LogP contribution in [0.5, 0.6) is 0 Å². The summed E-state index contributed by atoms with van der Waals surface area (Å²) in [4.78, 5) is 13.6. The monoisotopic (exact) mass is 271 g/mol. The molecule has 0 aliphatic carbocycles. The molecule has 1 aromatic carbocycles. The van der Waals surface area contributed by atoms with Crippen LogP contribution in [0.1, 0.15) is 12.8 Å². The fraction of sp³-hybridized carbons (Fsp3) is 0.467. The van der Waals surface area contributed by atoms with Crippen LogP contribution in [0, 0.1) is 0 Å². The Morgan fingerprint density at radius 3 is 2.65 bits per heavy atom. The maximum atomic E-state index is 6.07. The van der Waals surface area contributed by atoms with E-state index in [1.165, 1.54) is 19.4 Å². The van der Waals surface area contributed by atoms with E-state index in [9.17, 15) is 0 Å². The minimum atomic E-state index is 0.506. The maximum absolute atomic E-state index is 6.07.